The third kappa shape index (κ3) is 1.60. The van der Waals surface area contributed by atoms with E-state index in [4.69, 9.17) is 11.6 Å². The van der Waals surface area contributed by atoms with Crippen LogP contribution in [0.15, 0.2) is 35.5 Å². The highest BCUT2D eigenvalue weighted by molar-refractivity contribution is 9.10. The fourth-order valence-corrected chi connectivity index (χ4v) is 2.40. The summed E-state index contributed by atoms with van der Waals surface area (Å²) in [5, 5.41) is 1.90. The Morgan fingerprint density at radius 2 is 2.29 bits per heavy atom. The van der Waals surface area contributed by atoms with E-state index in [1.54, 1.807) is 0 Å². The Balaban J connectivity index is 2.71. The van der Waals surface area contributed by atoms with E-state index < -0.39 is 0 Å². The summed E-state index contributed by atoms with van der Waals surface area (Å²) < 4.78 is 1.000. The van der Waals surface area contributed by atoms with Gasteiger partial charge in [-0.2, -0.15) is 0 Å². The molecule has 1 aromatic heterocycles. The molecule has 0 amide bonds. The minimum absolute atomic E-state index is 0.740. The van der Waals surface area contributed by atoms with Gasteiger partial charge in [0.1, 0.15) is 0 Å². The highest BCUT2D eigenvalue weighted by Gasteiger charge is 2.06. The maximum absolute atomic E-state index is 6.09. The van der Waals surface area contributed by atoms with Crippen molar-refractivity contribution in [1.82, 2.24) is 4.98 Å². The van der Waals surface area contributed by atoms with Crippen molar-refractivity contribution in [1.29, 1.82) is 0 Å². The maximum Gasteiger partial charge on any atom is 0.0658 e. The van der Waals surface area contributed by atoms with Gasteiger partial charge in [0, 0.05) is 16.1 Å². The van der Waals surface area contributed by atoms with Crippen LogP contribution in [0.1, 0.15) is 5.56 Å². The van der Waals surface area contributed by atoms with Crippen LogP contribution in [0.5, 0.6) is 0 Å². The molecule has 0 aliphatic heterocycles. The molecule has 1 aromatic carbocycles. The zero-order valence-corrected chi connectivity index (χ0v) is 9.82. The molecule has 1 N–H and O–H groups in total. The molecule has 2 rings (SSSR count). The molecule has 2 aromatic rings. The first-order valence-corrected chi connectivity index (χ1v) is 5.45. The third-order valence-corrected chi connectivity index (χ3v) is 2.91. The Hall–Kier alpha value is -0.730. The summed E-state index contributed by atoms with van der Waals surface area (Å²) in [6.45, 7) is 3.73. The van der Waals surface area contributed by atoms with E-state index in [-0.39, 0.29) is 0 Å². The van der Waals surface area contributed by atoms with Crippen molar-refractivity contribution in [2.24, 2.45) is 0 Å². The lowest BCUT2D eigenvalue weighted by Gasteiger charge is -1.98. The number of nitrogens with one attached hydrogen (secondary N) is 1. The van der Waals surface area contributed by atoms with Crippen LogP contribution in [-0.4, -0.2) is 4.98 Å². The summed E-state index contributed by atoms with van der Waals surface area (Å²) in [5.41, 5.74) is 2.21. The van der Waals surface area contributed by atoms with E-state index in [0.717, 1.165) is 26.8 Å². The molecule has 14 heavy (non-hydrogen) atoms. The Bertz CT molecular complexity index is 487. The van der Waals surface area contributed by atoms with E-state index in [1.165, 1.54) is 5.56 Å². The normalized spacial score (nSPS) is 10.7. The van der Waals surface area contributed by atoms with E-state index in [1.807, 2.05) is 18.3 Å². The minimum atomic E-state index is 0.740. The summed E-state index contributed by atoms with van der Waals surface area (Å²) in [4.78, 5) is 3.17. The molecule has 0 bridgehead atoms. The van der Waals surface area contributed by atoms with Crippen LogP contribution < -0.4 is 0 Å². The van der Waals surface area contributed by atoms with Crippen molar-refractivity contribution in [3.8, 4) is 0 Å². The van der Waals surface area contributed by atoms with E-state index in [0.29, 0.717) is 0 Å². The largest absolute Gasteiger partial charge is 0.360 e. The topological polar surface area (TPSA) is 15.8 Å². The number of benzene rings is 1. The van der Waals surface area contributed by atoms with Crippen LogP contribution >= 0.6 is 27.5 Å². The molecule has 0 unspecified atom stereocenters. The number of aromatic nitrogens is 1. The Labute approximate surface area is 95.9 Å². The first-order chi connectivity index (χ1) is 6.72. The number of fused-ring (bicyclic) bond motifs is 1. The van der Waals surface area contributed by atoms with Crippen molar-refractivity contribution < 1.29 is 0 Å². The number of rotatable bonds is 2. The lowest BCUT2D eigenvalue weighted by Crippen LogP contribution is -1.77. The molecule has 3 heteroatoms. The number of hydrogen-bond donors (Lipinski definition) is 1. The summed E-state index contributed by atoms with van der Waals surface area (Å²) in [7, 11) is 0. The summed E-state index contributed by atoms with van der Waals surface area (Å²) >= 11 is 9.52. The first kappa shape index (κ1) is 9.81. The van der Waals surface area contributed by atoms with E-state index in [9.17, 15) is 0 Å². The average molecular weight is 271 g/mol. The van der Waals surface area contributed by atoms with Crippen LogP contribution in [0.25, 0.3) is 10.9 Å². The monoisotopic (exact) mass is 269 g/mol. The van der Waals surface area contributed by atoms with Gasteiger partial charge in [-0.15, -0.1) is 6.58 Å². The van der Waals surface area contributed by atoms with Crippen LogP contribution in [0.3, 0.4) is 0 Å². The highest BCUT2D eigenvalue weighted by atomic mass is 79.9. The number of aromatic amines is 1. The Morgan fingerprint density at radius 1 is 1.50 bits per heavy atom. The Morgan fingerprint density at radius 3 is 3.00 bits per heavy atom. The summed E-state index contributed by atoms with van der Waals surface area (Å²) in [5.74, 6) is 0. The summed E-state index contributed by atoms with van der Waals surface area (Å²) in [6.07, 6.45) is 4.72. The highest BCUT2D eigenvalue weighted by Crippen LogP contribution is 2.29. The van der Waals surface area contributed by atoms with Gasteiger partial charge in [-0.3, -0.25) is 0 Å². The van der Waals surface area contributed by atoms with E-state index in [2.05, 4.69) is 33.6 Å². The van der Waals surface area contributed by atoms with Gasteiger partial charge in [-0.05, 0) is 24.1 Å². The third-order valence-electron chi connectivity index (χ3n) is 2.16. The van der Waals surface area contributed by atoms with E-state index >= 15 is 0 Å². The van der Waals surface area contributed by atoms with Gasteiger partial charge in [-0.1, -0.05) is 33.6 Å². The molecular formula is C11H9BrClN. The van der Waals surface area contributed by atoms with Gasteiger partial charge in [0.2, 0.25) is 0 Å². The fourth-order valence-electron chi connectivity index (χ4n) is 1.53. The molecule has 0 atom stereocenters. The number of halogens is 2. The zero-order valence-electron chi connectivity index (χ0n) is 7.48. The fraction of sp³-hybridized carbons (Fsp3) is 0.0909. The van der Waals surface area contributed by atoms with Gasteiger partial charge >= 0.3 is 0 Å². The van der Waals surface area contributed by atoms with Gasteiger partial charge in [0.25, 0.3) is 0 Å². The van der Waals surface area contributed by atoms with Crippen molar-refractivity contribution in [3.05, 3.63) is 46.0 Å². The second-order valence-electron chi connectivity index (χ2n) is 3.12. The molecule has 1 heterocycles. The molecule has 0 aliphatic rings. The van der Waals surface area contributed by atoms with Gasteiger partial charge in [-0.25, -0.2) is 0 Å². The number of hydrogen-bond acceptors (Lipinski definition) is 0. The van der Waals surface area contributed by atoms with Crippen LogP contribution in [-0.2, 0) is 6.42 Å². The lowest BCUT2D eigenvalue weighted by molar-refractivity contribution is 1.29. The SMILES string of the molecule is C=CCc1c[nH]c2c(Cl)cc(Br)cc12. The molecule has 0 spiro atoms. The molecule has 0 saturated heterocycles. The molecule has 1 nitrogen and oxygen atoms in total. The smallest absolute Gasteiger partial charge is 0.0658 e. The van der Waals surface area contributed by atoms with Crippen molar-refractivity contribution in [3.63, 3.8) is 0 Å². The average Bonchev–Trinajstić information content (AvgIpc) is 2.49. The van der Waals surface area contributed by atoms with Crippen LogP contribution in [0.2, 0.25) is 5.02 Å². The molecule has 0 saturated carbocycles. The van der Waals surface area contributed by atoms with Gasteiger partial charge in [0.15, 0.2) is 0 Å². The van der Waals surface area contributed by atoms with Crippen molar-refractivity contribution in [2.45, 2.75) is 6.42 Å². The number of H-pyrrole nitrogens is 1. The second-order valence-corrected chi connectivity index (χ2v) is 4.44. The first-order valence-electron chi connectivity index (χ1n) is 4.28. The minimum Gasteiger partial charge on any atom is -0.360 e. The maximum atomic E-state index is 6.09. The summed E-state index contributed by atoms with van der Waals surface area (Å²) in [6, 6.07) is 3.95. The molecule has 72 valence electrons. The molecule has 0 fully saturated rings. The molecular weight excluding hydrogens is 261 g/mol. The van der Waals surface area contributed by atoms with Gasteiger partial charge < -0.3 is 4.98 Å². The van der Waals surface area contributed by atoms with Crippen LogP contribution in [0.4, 0.5) is 0 Å². The predicted molar refractivity (Wildman–Crippen MR) is 64.9 cm³/mol. The van der Waals surface area contributed by atoms with Crippen molar-refractivity contribution in [2.75, 3.05) is 0 Å². The second kappa shape index (κ2) is 3.79. The Kier molecular flexibility index (Phi) is 2.66. The standard InChI is InChI=1S/C11H9BrClN/c1-2-3-7-6-14-11-9(7)4-8(12)5-10(11)13/h2,4-6,14H,1,3H2. The molecule has 0 radical (unpaired) electrons. The zero-order chi connectivity index (χ0) is 10.1. The molecule has 0 aliphatic carbocycles. The number of allylic oxidation sites excluding steroid dienone is 1. The lowest BCUT2D eigenvalue weighted by atomic mass is 10.1. The quantitative estimate of drug-likeness (QED) is 0.783. The van der Waals surface area contributed by atoms with Crippen LogP contribution in [0, 0.1) is 0 Å². The van der Waals surface area contributed by atoms with Gasteiger partial charge in [0.05, 0.1) is 10.5 Å². The predicted octanol–water partition coefficient (Wildman–Crippen LogP) is 4.31. The van der Waals surface area contributed by atoms with Crippen molar-refractivity contribution >= 4 is 38.4 Å².